The SMILES string of the molecule is COc1ccccc1CC(C)N(C)C(CN)C1CCSC1. The Bertz CT molecular complexity index is 435. The summed E-state index contributed by atoms with van der Waals surface area (Å²) in [6.07, 6.45) is 2.30. The number of nitrogens with two attached hydrogens (primary N) is 1. The van der Waals surface area contributed by atoms with Crippen LogP contribution in [0.3, 0.4) is 0 Å². The van der Waals surface area contributed by atoms with Crippen LogP contribution in [0.5, 0.6) is 5.75 Å². The first-order chi connectivity index (χ1) is 10.2. The van der Waals surface area contributed by atoms with E-state index in [1.807, 2.05) is 12.1 Å². The highest BCUT2D eigenvalue weighted by atomic mass is 32.2. The molecule has 1 heterocycles. The zero-order valence-electron chi connectivity index (χ0n) is 13.4. The predicted molar refractivity (Wildman–Crippen MR) is 92.2 cm³/mol. The van der Waals surface area contributed by atoms with E-state index in [1.54, 1.807) is 7.11 Å². The first-order valence-electron chi connectivity index (χ1n) is 7.79. The Kier molecular flexibility index (Phi) is 6.40. The van der Waals surface area contributed by atoms with E-state index in [0.29, 0.717) is 12.1 Å². The maximum atomic E-state index is 6.07. The molecule has 1 fully saturated rings. The molecule has 2 rings (SSSR count). The van der Waals surface area contributed by atoms with Gasteiger partial charge in [0.2, 0.25) is 0 Å². The van der Waals surface area contributed by atoms with Crippen molar-refractivity contribution in [1.29, 1.82) is 0 Å². The van der Waals surface area contributed by atoms with Crippen molar-refractivity contribution >= 4 is 11.8 Å². The molecule has 0 aromatic heterocycles. The molecule has 21 heavy (non-hydrogen) atoms. The van der Waals surface area contributed by atoms with Gasteiger partial charge in [-0.2, -0.15) is 11.8 Å². The van der Waals surface area contributed by atoms with Gasteiger partial charge in [0.15, 0.2) is 0 Å². The van der Waals surface area contributed by atoms with E-state index < -0.39 is 0 Å². The first kappa shape index (κ1) is 16.7. The number of methoxy groups -OCH3 is 1. The molecule has 1 aromatic rings. The first-order valence-corrected chi connectivity index (χ1v) is 8.94. The Morgan fingerprint density at radius 3 is 2.81 bits per heavy atom. The molecule has 1 aromatic carbocycles. The summed E-state index contributed by atoms with van der Waals surface area (Å²) >= 11 is 2.06. The van der Waals surface area contributed by atoms with Gasteiger partial charge in [-0.25, -0.2) is 0 Å². The van der Waals surface area contributed by atoms with Gasteiger partial charge in [-0.1, -0.05) is 18.2 Å². The third-order valence-corrected chi connectivity index (χ3v) is 5.87. The summed E-state index contributed by atoms with van der Waals surface area (Å²) < 4.78 is 5.47. The molecule has 4 heteroatoms. The monoisotopic (exact) mass is 308 g/mol. The quantitative estimate of drug-likeness (QED) is 0.840. The average Bonchev–Trinajstić information content (AvgIpc) is 3.02. The minimum Gasteiger partial charge on any atom is -0.496 e. The number of ether oxygens (including phenoxy) is 1. The topological polar surface area (TPSA) is 38.5 Å². The van der Waals surface area contributed by atoms with Crippen molar-refractivity contribution in [2.24, 2.45) is 11.7 Å². The molecule has 0 saturated carbocycles. The highest BCUT2D eigenvalue weighted by Crippen LogP contribution is 2.29. The van der Waals surface area contributed by atoms with Crippen LogP contribution in [0.15, 0.2) is 24.3 Å². The van der Waals surface area contributed by atoms with Gasteiger partial charge in [-0.05, 0) is 55.9 Å². The summed E-state index contributed by atoms with van der Waals surface area (Å²) in [7, 11) is 3.96. The largest absolute Gasteiger partial charge is 0.496 e. The van der Waals surface area contributed by atoms with E-state index in [0.717, 1.165) is 24.6 Å². The normalized spacial score (nSPS) is 21.5. The summed E-state index contributed by atoms with van der Waals surface area (Å²) in [6, 6.07) is 9.25. The lowest BCUT2D eigenvalue weighted by Crippen LogP contribution is -2.48. The number of benzene rings is 1. The number of hydrogen-bond acceptors (Lipinski definition) is 4. The summed E-state index contributed by atoms with van der Waals surface area (Å²) in [4.78, 5) is 2.48. The van der Waals surface area contributed by atoms with Crippen LogP contribution in [0.1, 0.15) is 18.9 Å². The Morgan fingerprint density at radius 1 is 1.43 bits per heavy atom. The molecule has 1 aliphatic rings. The number of para-hydroxylation sites is 1. The molecule has 0 spiro atoms. The second-order valence-electron chi connectivity index (χ2n) is 5.96. The highest BCUT2D eigenvalue weighted by molar-refractivity contribution is 7.99. The fourth-order valence-electron chi connectivity index (χ4n) is 3.21. The zero-order valence-corrected chi connectivity index (χ0v) is 14.2. The van der Waals surface area contributed by atoms with Crippen LogP contribution < -0.4 is 10.5 Å². The Labute approximate surface area is 133 Å². The van der Waals surface area contributed by atoms with Gasteiger partial charge in [0, 0.05) is 18.6 Å². The van der Waals surface area contributed by atoms with Gasteiger partial charge in [-0.3, -0.25) is 4.90 Å². The van der Waals surface area contributed by atoms with E-state index in [-0.39, 0.29) is 0 Å². The Hall–Kier alpha value is -0.710. The van der Waals surface area contributed by atoms with E-state index in [2.05, 4.69) is 42.8 Å². The van der Waals surface area contributed by atoms with E-state index in [9.17, 15) is 0 Å². The standard InChI is InChI=1S/C17H28N2OS/c1-13(10-14-6-4-5-7-17(14)20-3)19(2)16(11-18)15-8-9-21-12-15/h4-7,13,15-16H,8-12,18H2,1-3H3. The third-order valence-electron chi connectivity index (χ3n) is 4.68. The molecule has 3 unspecified atom stereocenters. The van der Waals surface area contributed by atoms with Gasteiger partial charge in [-0.15, -0.1) is 0 Å². The molecule has 3 nitrogen and oxygen atoms in total. The van der Waals surface area contributed by atoms with Crippen molar-refractivity contribution < 1.29 is 4.74 Å². The maximum absolute atomic E-state index is 6.07. The lowest BCUT2D eigenvalue weighted by atomic mass is 9.95. The van der Waals surface area contributed by atoms with Crippen LogP contribution in [0.2, 0.25) is 0 Å². The van der Waals surface area contributed by atoms with Crippen molar-refractivity contribution in [2.75, 3.05) is 32.2 Å². The summed E-state index contributed by atoms with van der Waals surface area (Å²) in [5.41, 5.74) is 7.34. The molecular weight excluding hydrogens is 280 g/mol. The lowest BCUT2D eigenvalue weighted by Gasteiger charge is -2.36. The molecule has 1 aliphatic heterocycles. The van der Waals surface area contributed by atoms with Crippen molar-refractivity contribution in [3.8, 4) is 5.75 Å². The van der Waals surface area contributed by atoms with Crippen LogP contribution in [-0.4, -0.2) is 49.2 Å². The number of hydrogen-bond donors (Lipinski definition) is 1. The molecule has 0 aliphatic carbocycles. The second kappa shape index (κ2) is 8.06. The smallest absolute Gasteiger partial charge is 0.122 e. The fourth-order valence-corrected chi connectivity index (χ4v) is 4.54. The second-order valence-corrected chi connectivity index (χ2v) is 7.11. The molecule has 1 saturated heterocycles. The summed E-state index contributed by atoms with van der Waals surface area (Å²) in [6.45, 7) is 3.04. The minimum atomic E-state index is 0.459. The number of likely N-dealkylation sites (N-methyl/N-ethyl adjacent to an activating group) is 1. The van der Waals surface area contributed by atoms with Crippen LogP contribution in [0.25, 0.3) is 0 Å². The molecule has 2 N–H and O–H groups in total. The van der Waals surface area contributed by atoms with Crippen LogP contribution in [-0.2, 0) is 6.42 Å². The van der Waals surface area contributed by atoms with Crippen LogP contribution in [0, 0.1) is 5.92 Å². The lowest BCUT2D eigenvalue weighted by molar-refractivity contribution is 0.144. The zero-order chi connectivity index (χ0) is 15.2. The van der Waals surface area contributed by atoms with Crippen molar-refractivity contribution in [2.45, 2.75) is 31.8 Å². The molecule has 0 amide bonds. The van der Waals surface area contributed by atoms with Gasteiger partial charge in [0.1, 0.15) is 5.75 Å². The average molecular weight is 308 g/mol. The number of rotatable bonds is 7. The summed E-state index contributed by atoms with van der Waals surface area (Å²) in [5, 5.41) is 0. The maximum Gasteiger partial charge on any atom is 0.122 e. The van der Waals surface area contributed by atoms with Crippen LogP contribution >= 0.6 is 11.8 Å². The van der Waals surface area contributed by atoms with E-state index in [4.69, 9.17) is 10.5 Å². The van der Waals surface area contributed by atoms with Crippen molar-refractivity contribution in [3.63, 3.8) is 0 Å². The van der Waals surface area contributed by atoms with Crippen molar-refractivity contribution in [3.05, 3.63) is 29.8 Å². The van der Waals surface area contributed by atoms with Gasteiger partial charge >= 0.3 is 0 Å². The summed E-state index contributed by atoms with van der Waals surface area (Å²) in [5.74, 6) is 4.27. The number of nitrogens with zero attached hydrogens (tertiary/aromatic N) is 1. The van der Waals surface area contributed by atoms with E-state index >= 15 is 0 Å². The molecule has 118 valence electrons. The highest BCUT2D eigenvalue weighted by Gasteiger charge is 2.29. The third kappa shape index (κ3) is 4.15. The van der Waals surface area contributed by atoms with Crippen molar-refractivity contribution in [1.82, 2.24) is 4.90 Å². The fraction of sp³-hybridized carbons (Fsp3) is 0.647. The van der Waals surface area contributed by atoms with Gasteiger partial charge in [0.25, 0.3) is 0 Å². The predicted octanol–water partition coefficient (Wildman–Crippen LogP) is 2.64. The van der Waals surface area contributed by atoms with E-state index in [1.165, 1.54) is 23.5 Å². The van der Waals surface area contributed by atoms with Gasteiger partial charge in [0.05, 0.1) is 7.11 Å². The van der Waals surface area contributed by atoms with Gasteiger partial charge < -0.3 is 10.5 Å². The Morgan fingerprint density at radius 2 is 2.19 bits per heavy atom. The molecule has 0 bridgehead atoms. The number of thioether (sulfide) groups is 1. The minimum absolute atomic E-state index is 0.459. The van der Waals surface area contributed by atoms with Crippen LogP contribution in [0.4, 0.5) is 0 Å². The molecule has 3 atom stereocenters. The molecule has 0 radical (unpaired) electrons. The molecular formula is C17H28N2OS. The Balaban J connectivity index is 2.02.